The van der Waals surface area contributed by atoms with Gasteiger partial charge in [-0.3, -0.25) is 0 Å². The minimum Gasteiger partial charge on any atom is -0.316 e. The molecule has 0 rings (SSSR count). The molecule has 0 atom stereocenters. The Hall–Kier alpha value is -0.300. The van der Waals surface area contributed by atoms with E-state index >= 15 is 0 Å². The molecule has 0 unspecified atom stereocenters. The highest BCUT2D eigenvalue weighted by molar-refractivity contribution is 5.00. The first-order chi connectivity index (χ1) is 6.04. The Morgan fingerprint density at radius 2 is 1.85 bits per heavy atom. The zero-order valence-electron chi connectivity index (χ0n) is 9.85. The van der Waals surface area contributed by atoms with Gasteiger partial charge in [0, 0.05) is 0 Å². The van der Waals surface area contributed by atoms with Crippen molar-refractivity contribution < 1.29 is 0 Å². The molecule has 0 aliphatic heterocycles. The monoisotopic (exact) mass is 183 g/mol. The molecular formula is C12H25N. The topological polar surface area (TPSA) is 12.0 Å². The first kappa shape index (κ1) is 12.7. The van der Waals surface area contributed by atoms with E-state index in [9.17, 15) is 0 Å². The Kier molecular flexibility index (Phi) is 6.97. The number of hydrogen-bond acceptors (Lipinski definition) is 1. The number of allylic oxidation sites excluding steroid dienone is 1. The van der Waals surface area contributed by atoms with Crippen LogP contribution in [0.4, 0.5) is 0 Å². The van der Waals surface area contributed by atoms with Gasteiger partial charge in [0.05, 0.1) is 0 Å². The molecule has 0 radical (unpaired) electrons. The van der Waals surface area contributed by atoms with Crippen molar-refractivity contribution in [2.75, 3.05) is 13.1 Å². The van der Waals surface area contributed by atoms with Gasteiger partial charge in [-0.05, 0) is 38.3 Å². The summed E-state index contributed by atoms with van der Waals surface area (Å²) in [7, 11) is 0. The maximum Gasteiger partial charge on any atom is -0.00141 e. The number of rotatable bonds is 6. The van der Waals surface area contributed by atoms with Crippen LogP contribution in [0.25, 0.3) is 0 Å². The van der Waals surface area contributed by atoms with E-state index in [1.54, 1.807) is 0 Å². The molecular weight excluding hydrogens is 158 g/mol. The van der Waals surface area contributed by atoms with Crippen molar-refractivity contribution in [3.8, 4) is 0 Å². The van der Waals surface area contributed by atoms with Crippen LogP contribution < -0.4 is 5.32 Å². The molecule has 0 bridgehead atoms. The first-order valence-electron chi connectivity index (χ1n) is 5.41. The summed E-state index contributed by atoms with van der Waals surface area (Å²) in [6.45, 7) is 13.4. The zero-order chi connectivity index (χ0) is 10.3. The molecule has 0 aliphatic carbocycles. The second-order valence-electron chi connectivity index (χ2n) is 4.49. The second kappa shape index (κ2) is 7.14. The van der Waals surface area contributed by atoms with E-state index in [2.05, 4.69) is 46.0 Å². The Bertz CT molecular complexity index is 145. The van der Waals surface area contributed by atoms with Crippen LogP contribution in [-0.2, 0) is 0 Å². The SMILES string of the molecule is CC(=CCCNCC(C)C)C(C)C. The summed E-state index contributed by atoms with van der Waals surface area (Å²) in [5.41, 5.74) is 1.51. The second-order valence-corrected chi connectivity index (χ2v) is 4.49. The Morgan fingerprint density at radius 1 is 1.23 bits per heavy atom. The quantitative estimate of drug-likeness (QED) is 0.492. The minimum atomic E-state index is 0.699. The number of hydrogen-bond donors (Lipinski definition) is 1. The largest absolute Gasteiger partial charge is 0.316 e. The molecule has 1 N–H and O–H groups in total. The first-order valence-corrected chi connectivity index (χ1v) is 5.41. The fraction of sp³-hybridized carbons (Fsp3) is 0.833. The lowest BCUT2D eigenvalue weighted by atomic mass is 10.0. The lowest BCUT2D eigenvalue weighted by Gasteiger charge is -2.07. The molecule has 0 aromatic heterocycles. The highest BCUT2D eigenvalue weighted by atomic mass is 14.8. The molecule has 0 saturated heterocycles. The maximum atomic E-state index is 3.43. The predicted molar refractivity (Wildman–Crippen MR) is 60.9 cm³/mol. The van der Waals surface area contributed by atoms with Gasteiger partial charge in [0.15, 0.2) is 0 Å². The normalized spacial score (nSPS) is 13.0. The fourth-order valence-corrected chi connectivity index (χ4v) is 1.03. The highest BCUT2D eigenvalue weighted by Crippen LogP contribution is 2.07. The van der Waals surface area contributed by atoms with E-state index in [4.69, 9.17) is 0 Å². The van der Waals surface area contributed by atoms with Gasteiger partial charge >= 0.3 is 0 Å². The summed E-state index contributed by atoms with van der Waals surface area (Å²) in [5, 5.41) is 3.43. The summed E-state index contributed by atoms with van der Waals surface area (Å²) in [4.78, 5) is 0. The van der Waals surface area contributed by atoms with Crippen LogP contribution in [0.3, 0.4) is 0 Å². The van der Waals surface area contributed by atoms with Crippen LogP contribution in [0.5, 0.6) is 0 Å². The average molecular weight is 183 g/mol. The molecule has 0 aromatic carbocycles. The van der Waals surface area contributed by atoms with E-state index in [-0.39, 0.29) is 0 Å². The van der Waals surface area contributed by atoms with Crippen LogP contribution >= 0.6 is 0 Å². The van der Waals surface area contributed by atoms with Gasteiger partial charge in [-0.25, -0.2) is 0 Å². The molecule has 0 aromatic rings. The van der Waals surface area contributed by atoms with Crippen LogP contribution in [0, 0.1) is 11.8 Å². The van der Waals surface area contributed by atoms with E-state index in [1.807, 2.05) is 0 Å². The average Bonchev–Trinajstić information content (AvgIpc) is 2.02. The van der Waals surface area contributed by atoms with Crippen LogP contribution in [0.15, 0.2) is 11.6 Å². The van der Waals surface area contributed by atoms with Crippen molar-refractivity contribution in [1.82, 2.24) is 5.32 Å². The molecule has 1 nitrogen and oxygen atoms in total. The van der Waals surface area contributed by atoms with Gasteiger partial charge in [0.2, 0.25) is 0 Å². The lowest BCUT2D eigenvalue weighted by molar-refractivity contribution is 0.556. The summed E-state index contributed by atoms with van der Waals surface area (Å²) < 4.78 is 0. The van der Waals surface area contributed by atoms with Gasteiger partial charge in [-0.2, -0.15) is 0 Å². The molecule has 0 saturated carbocycles. The molecule has 0 spiro atoms. The van der Waals surface area contributed by atoms with Gasteiger partial charge in [0.25, 0.3) is 0 Å². The predicted octanol–water partition coefficient (Wildman–Crippen LogP) is 3.22. The van der Waals surface area contributed by atoms with E-state index in [0.717, 1.165) is 25.4 Å². The number of nitrogens with one attached hydrogen (secondary N) is 1. The van der Waals surface area contributed by atoms with E-state index in [0.29, 0.717) is 5.92 Å². The van der Waals surface area contributed by atoms with Gasteiger partial charge in [0.1, 0.15) is 0 Å². The van der Waals surface area contributed by atoms with Crippen molar-refractivity contribution in [3.63, 3.8) is 0 Å². The molecule has 78 valence electrons. The maximum absolute atomic E-state index is 3.43. The van der Waals surface area contributed by atoms with Gasteiger partial charge < -0.3 is 5.32 Å². The molecule has 0 aliphatic rings. The zero-order valence-corrected chi connectivity index (χ0v) is 9.85. The molecule has 0 heterocycles. The van der Waals surface area contributed by atoms with Crippen LogP contribution in [0.2, 0.25) is 0 Å². The van der Waals surface area contributed by atoms with Crippen molar-refractivity contribution >= 4 is 0 Å². The molecule has 0 amide bonds. The lowest BCUT2D eigenvalue weighted by Crippen LogP contribution is -2.20. The summed E-state index contributed by atoms with van der Waals surface area (Å²) in [6, 6.07) is 0. The van der Waals surface area contributed by atoms with Crippen molar-refractivity contribution in [1.29, 1.82) is 0 Å². The van der Waals surface area contributed by atoms with E-state index in [1.165, 1.54) is 5.57 Å². The Morgan fingerprint density at radius 3 is 2.31 bits per heavy atom. The van der Waals surface area contributed by atoms with Crippen molar-refractivity contribution in [3.05, 3.63) is 11.6 Å². The third-order valence-corrected chi connectivity index (χ3v) is 2.25. The van der Waals surface area contributed by atoms with Crippen molar-refractivity contribution in [2.45, 2.75) is 41.0 Å². The Labute approximate surface area is 83.6 Å². The molecule has 13 heavy (non-hydrogen) atoms. The third-order valence-electron chi connectivity index (χ3n) is 2.25. The summed E-state index contributed by atoms with van der Waals surface area (Å²) in [6.07, 6.45) is 3.51. The summed E-state index contributed by atoms with van der Waals surface area (Å²) >= 11 is 0. The van der Waals surface area contributed by atoms with Crippen LogP contribution in [-0.4, -0.2) is 13.1 Å². The minimum absolute atomic E-state index is 0.699. The molecule has 0 fully saturated rings. The van der Waals surface area contributed by atoms with Crippen molar-refractivity contribution in [2.24, 2.45) is 11.8 Å². The fourth-order valence-electron chi connectivity index (χ4n) is 1.03. The Balaban J connectivity index is 3.39. The summed E-state index contributed by atoms with van der Waals surface area (Å²) in [5.74, 6) is 1.46. The molecule has 1 heteroatoms. The smallest absolute Gasteiger partial charge is 0.00141 e. The van der Waals surface area contributed by atoms with Gasteiger partial charge in [-0.1, -0.05) is 39.3 Å². The highest BCUT2D eigenvalue weighted by Gasteiger charge is 1.95. The van der Waals surface area contributed by atoms with E-state index < -0.39 is 0 Å². The third kappa shape index (κ3) is 8.04. The van der Waals surface area contributed by atoms with Gasteiger partial charge in [-0.15, -0.1) is 0 Å². The standard InChI is InChI=1S/C12H25N/c1-10(2)9-13-8-6-7-12(5)11(3)4/h7,10-11,13H,6,8-9H2,1-5H3. The van der Waals surface area contributed by atoms with Crippen LogP contribution in [0.1, 0.15) is 41.0 Å².